The first-order chi connectivity index (χ1) is 16.6. The van der Waals surface area contributed by atoms with Gasteiger partial charge in [0.05, 0.1) is 18.7 Å². The van der Waals surface area contributed by atoms with Crippen LogP contribution in [0, 0.1) is 5.92 Å². The number of fused-ring (bicyclic) bond motifs is 2. The van der Waals surface area contributed by atoms with Crippen molar-refractivity contribution in [1.82, 2.24) is 20.4 Å². The maximum atomic E-state index is 9.52. The summed E-state index contributed by atoms with van der Waals surface area (Å²) in [5.41, 5.74) is 0.240. The van der Waals surface area contributed by atoms with Gasteiger partial charge in [-0.25, -0.2) is 9.98 Å². The van der Waals surface area contributed by atoms with Crippen molar-refractivity contribution >= 4 is 35.4 Å². The first-order valence-electron chi connectivity index (χ1n) is 13.7. The lowest BCUT2D eigenvalue weighted by molar-refractivity contribution is 0.227. The van der Waals surface area contributed by atoms with Gasteiger partial charge < -0.3 is 25.5 Å². The molecule has 9 heteroatoms. The Kier molecular flexibility index (Phi) is 7.25. The van der Waals surface area contributed by atoms with Crippen LogP contribution in [-0.2, 0) is 0 Å². The lowest BCUT2D eigenvalue weighted by Crippen LogP contribution is -2.58. The summed E-state index contributed by atoms with van der Waals surface area (Å²) >= 11 is 4.17. The van der Waals surface area contributed by atoms with Gasteiger partial charge in [0.1, 0.15) is 0 Å². The van der Waals surface area contributed by atoms with Crippen LogP contribution < -0.4 is 10.6 Å². The Bertz CT molecular complexity index is 842. The molecule has 3 N–H and O–H groups in total. The topological polar surface area (TPSA) is 75.5 Å². The van der Waals surface area contributed by atoms with Crippen LogP contribution in [0.25, 0.3) is 0 Å². The maximum absolute atomic E-state index is 9.52. The molecule has 5 aliphatic rings. The Hall–Kier alpha value is -0.800. The van der Waals surface area contributed by atoms with E-state index in [2.05, 4.69) is 66.8 Å². The first-order valence-corrected chi connectivity index (χ1v) is 15.6. The molecule has 1 unspecified atom stereocenters. The molecular formula is C26H46N6OS2. The lowest BCUT2D eigenvalue weighted by Gasteiger charge is -2.42. The number of hydrogen-bond acceptors (Lipinski definition) is 9. The SMILES string of the molecule is CC(C)(C)SC[C@H]1CCN2CCC3(C[C@H]3C(C)(C)SC[C@H]3CCN4CC[C@H](CO)N=C4N3)NC2=N1. The summed E-state index contributed by atoms with van der Waals surface area (Å²) in [7, 11) is 0. The Morgan fingerprint density at radius 2 is 1.60 bits per heavy atom. The van der Waals surface area contributed by atoms with Gasteiger partial charge >= 0.3 is 0 Å². The second-order valence-corrected chi connectivity index (χ2v) is 16.2. The summed E-state index contributed by atoms with van der Waals surface area (Å²) in [4.78, 5) is 14.8. The number of aliphatic imine (C=N–C) groups is 2. The minimum atomic E-state index is 0.0641. The van der Waals surface area contributed by atoms with Gasteiger partial charge in [-0.1, -0.05) is 34.6 Å². The molecule has 3 fully saturated rings. The van der Waals surface area contributed by atoms with Crippen molar-refractivity contribution in [1.29, 1.82) is 0 Å². The van der Waals surface area contributed by atoms with E-state index in [1.165, 1.54) is 31.6 Å². The number of guanidine groups is 2. The van der Waals surface area contributed by atoms with Gasteiger partial charge in [-0.3, -0.25) is 0 Å². The van der Waals surface area contributed by atoms with E-state index in [1.54, 1.807) is 0 Å². The molecule has 4 aliphatic heterocycles. The zero-order valence-electron chi connectivity index (χ0n) is 22.3. The molecule has 0 aromatic heterocycles. The van der Waals surface area contributed by atoms with E-state index in [1.807, 2.05) is 11.8 Å². The van der Waals surface area contributed by atoms with Crippen LogP contribution in [0.15, 0.2) is 9.98 Å². The van der Waals surface area contributed by atoms with Crippen molar-refractivity contribution in [3.05, 3.63) is 0 Å². The van der Waals surface area contributed by atoms with Crippen LogP contribution in [-0.4, -0.2) is 104 Å². The molecule has 0 bridgehead atoms. The van der Waals surface area contributed by atoms with Crippen molar-refractivity contribution in [3.63, 3.8) is 0 Å². The average molecular weight is 523 g/mol. The van der Waals surface area contributed by atoms with E-state index >= 15 is 0 Å². The van der Waals surface area contributed by atoms with Crippen molar-refractivity contribution < 1.29 is 5.11 Å². The summed E-state index contributed by atoms with van der Waals surface area (Å²) in [5, 5.41) is 17.2. The van der Waals surface area contributed by atoms with Gasteiger partial charge in [0.2, 0.25) is 0 Å². The molecule has 4 heterocycles. The quantitative estimate of drug-likeness (QED) is 0.475. The lowest BCUT2D eigenvalue weighted by atomic mass is 9.98. The molecule has 0 aromatic rings. The monoisotopic (exact) mass is 522 g/mol. The normalized spacial score (nSPS) is 34.9. The van der Waals surface area contributed by atoms with Gasteiger partial charge in [0.15, 0.2) is 11.9 Å². The van der Waals surface area contributed by atoms with Crippen molar-refractivity contribution in [3.8, 4) is 0 Å². The van der Waals surface area contributed by atoms with E-state index in [4.69, 9.17) is 9.98 Å². The van der Waals surface area contributed by atoms with Crippen LogP contribution in [0.1, 0.15) is 66.7 Å². The molecule has 0 radical (unpaired) electrons. The molecule has 0 amide bonds. The van der Waals surface area contributed by atoms with E-state index < -0.39 is 0 Å². The number of rotatable bonds is 7. The molecule has 2 saturated heterocycles. The fourth-order valence-electron chi connectivity index (χ4n) is 6.09. The molecule has 5 rings (SSSR count). The minimum absolute atomic E-state index is 0.0641. The second-order valence-electron chi connectivity index (χ2n) is 12.7. The van der Waals surface area contributed by atoms with E-state index in [-0.39, 0.29) is 22.9 Å². The van der Waals surface area contributed by atoms with Crippen LogP contribution >= 0.6 is 23.5 Å². The number of nitrogens with zero attached hydrogens (tertiary/aromatic N) is 4. The molecule has 0 aromatic carbocycles. The van der Waals surface area contributed by atoms with E-state index in [0.29, 0.717) is 22.7 Å². The van der Waals surface area contributed by atoms with Gasteiger partial charge in [0.25, 0.3) is 0 Å². The highest BCUT2D eigenvalue weighted by atomic mass is 32.2. The number of nitrogens with one attached hydrogen (secondary N) is 2. The zero-order valence-corrected chi connectivity index (χ0v) is 24.0. The second kappa shape index (κ2) is 9.82. The summed E-state index contributed by atoms with van der Waals surface area (Å²) in [6.07, 6.45) is 5.81. The summed E-state index contributed by atoms with van der Waals surface area (Å²) in [6, 6.07) is 0.965. The molecule has 1 saturated carbocycles. The molecule has 35 heavy (non-hydrogen) atoms. The van der Waals surface area contributed by atoms with Crippen LogP contribution in [0.2, 0.25) is 0 Å². The third kappa shape index (κ3) is 5.87. The molecule has 5 atom stereocenters. The van der Waals surface area contributed by atoms with Gasteiger partial charge in [0, 0.05) is 58.8 Å². The van der Waals surface area contributed by atoms with Crippen LogP contribution in [0.5, 0.6) is 0 Å². The molecule has 1 aliphatic carbocycles. The van der Waals surface area contributed by atoms with Gasteiger partial charge in [-0.2, -0.15) is 23.5 Å². The third-order valence-electron chi connectivity index (χ3n) is 8.43. The predicted octanol–water partition coefficient (Wildman–Crippen LogP) is 3.00. The number of hydrogen-bond donors (Lipinski definition) is 3. The summed E-state index contributed by atoms with van der Waals surface area (Å²) in [5.74, 6) is 5.09. The number of aliphatic hydroxyl groups excluding tert-OH is 1. The highest BCUT2D eigenvalue weighted by Gasteiger charge is 2.62. The van der Waals surface area contributed by atoms with E-state index in [9.17, 15) is 5.11 Å². The van der Waals surface area contributed by atoms with Gasteiger partial charge in [-0.05, 0) is 38.0 Å². The average Bonchev–Trinajstić information content (AvgIpc) is 3.54. The largest absolute Gasteiger partial charge is 0.394 e. The molecule has 198 valence electrons. The van der Waals surface area contributed by atoms with Crippen molar-refractivity contribution in [2.24, 2.45) is 15.9 Å². The predicted molar refractivity (Wildman–Crippen MR) is 151 cm³/mol. The zero-order chi connectivity index (χ0) is 24.8. The van der Waals surface area contributed by atoms with Crippen molar-refractivity contribution in [2.75, 3.05) is 44.3 Å². The Balaban J connectivity index is 1.15. The molecular weight excluding hydrogens is 476 g/mol. The van der Waals surface area contributed by atoms with E-state index in [0.717, 1.165) is 50.1 Å². The fraction of sp³-hybridized carbons (Fsp3) is 0.923. The first kappa shape index (κ1) is 25.8. The number of thioether (sulfide) groups is 2. The maximum Gasteiger partial charge on any atom is 0.194 e. The molecule has 7 nitrogen and oxygen atoms in total. The fourth-order valence-corrected chi connectivity index (χ4v) is 8.42. The highest BCUT2D eigenvalue weighted by molar-refractivity contribution is 8.00. The highest BCUT2D eigenvalue weighted by Crippen LogP contribution is 2.58. The molecule has 1 spiro atoms. The smallest absolute Gasteiger partial charge is 0.194 e. The van der Waals surface area contributed by atoms with Crippen molar-refractivity contribution in [2.45, 2.75) is 99.9 Å². The summed E-state index contributed by atoms with van der Waals surface area (Å²) < 4.78 is 0.531. The van der Waals surface area contributed by atoms with Crippen LogP contribution in [0.3, 0.4) is 0 Å². The standard InChI is InChI=1S/C26H46N6OS2/c1-24(2,3)34-16-19-8-12-32-13-9-26(30-23(32)29-19)14-21(26)25(4,5)35-17-20-7-11-31-10-6-18(15-33)27-22(31)28-20/h18-21,33H,6-17H2,1-5H3,(H,27,28)(H,29,30)/t18-,19-,20-,21+,26?/m1/s1. The number of aliphatic hydroxyl groups is 1. The summed E-state index contributed by atoms with van der Waals surface area (Å²) in [6.45, 7) is 16.3. The Labute approximate surface area is 220 Å². The third-order valence-corrected chi connectivity index (χ3v) is 11.4. The van der Waals surface area contributed by atoms with Gasteiger partial charge in [-0.15, -0.1) is 0 Å². The Morgan fingerprint density at radius 3 is 2.34 bits per heavy atom. The Morgan fingerprint density at radius 1 is 0.914 bits per heavy atom. The minimum Gasteiger partial charge on any atom is -0.394 e. The van der Waals surface area contributed by atoms with Crippen LogP contribution in [0.4, 0.5) is 0 Å².